The number of amides is 2. The van der Waals surface area contributed by atoms with E-state index in [-0.39, 0.29) is 10.6 Å². The highest BCUT2D eigenvalue weighted by molar-refractivity contribution is 6.34. The highest BCUT2D eigenvalue weighted by Gasteiger charge is 2.24. The van der Waals surface area contributed by atoms with Gasteiger partial charge in [0.25, 0.3) is 11.6 Å². The first-order chi connectivity index (χ1) is 10.2. The van der Waals surface area contributed by atoms with Crippen LogP contribution < -0.4 is 10.6 Å². The van der Waals surface area contributed by atoms with E-state index < -0.39 is 41.0 Å². The van der Waals surface area contributed by atoms with Gasteiger partial charge in [-0.25, -0.2) is 0 Å². The van der Waals surface area contributed by atoms with Crippen molar-refractivity contribution in [2.45, 2.75) is 13.0 Å². The Morgan fingerprint density at radius 3 is 2.59 bits per heavy atom. The van der Waals surface area contributed by atoms with Crippen molar-refractivity contribution in [1.29, 1.82) is 0 Å². The van der Waals surface area contributed by atoms with Gasteiger partial charge in [0.2, 0.25) is 5.91 Å². The Balaban J connectivity index is 2.77. The molecule has 1 unspecified atom stereocenters. The summed E-state index contributed by atoms with van der Waals surface area (Å²) in [6, 6.07) is 2.60. The number of nitro groups is 1. The first kappa shape index (κ1) is 17.4. The summed E-state index contributed by atoms with van der Waals surface area (Å²) in [5.74, 6) is -2.89. The van der Waals surface area contributed by atoms with Crippen molar-refractivity contribution in [1.82, 2.24) is 10.6 Å². The van der Waals surface area contributed by atoms with Gasteiger partial charge in [0.05, 0.1) is 16.5 Å². The van der Waals surface area contributed by atoms with E-state index in [9.17, 15) is 24.5 Å². The first-order valence-corrected chi connectivity index (χ1v) is 6.35. The van der Waals surface area contributed by atoms with Crippen LogP contribution in [-0.4, -0.2) is 40.4 Å². The zero-order chi connectivity index (χ0) is 16.9. The van der Waals surface area contributed by atoms with Gasteiger partial charge in [0.1, 0.15) is 11.6 Å². The lowest BCUT2D eigenvalue weighted by atomic mass is 10.1. The first-order valence-electron chi connectivity index (χ1n) is 5.97. The summed E-state index contributed by atoms with van der Waals surface area (Å²) in [7, 11) is 0. The van der Waals surface area contributed by atoms with E-state index in [4.69, 9.17) is 16.7 Å². The number of aliphatic carboxylic acids is 1. The summed E-state index contributed by atoms with van der Waals surface area (Å²) in [4.78, 5) is 44.0. The quantitative estimate of drug-likeness (QED) is 0.515. The maximum atomic E-state index is 11.9. The number of nitro benzene ring substituents is 1. The number of hydrogen-bond acceptors (Lipinski definition) is 5. The third-order valence-electron chi connectivity index (χ3n) is 2.57. The number of nitrogens with one attached hydrogen (secondary N) is 2. The van der Waals surface area contributed by atoms with Gasteiger partial charge in [-0.2, -0.15) is 0 Å². The number of hydrogen-bond donors (Lipinski definition) is 3. The minimum Gasteiger partial charge on any atom is -0.480 e. The third kappa shape index (κ3) is 4.42. The van der Waals surface area contributed by atoms with Crippen LogP contribution in [0.5, 0.6) is 0 Å². The summed E-state index contributed by atoms with van der Waals surface area (Å²) in [5, 5.41) is 23.6. The van der Waals surface area contributed by atoms with Gasteiger partial charge in [0.15, 0.2) is 0 Å². The predicted octanol–water partition coefficient (Wildman–Crippen LogP) is 0.567. The second-order valence-corrected chi connectivity index (χ2v) is 4.61. The second kappa shape index (κ2) is 7.36. The molecule has 0 aliphatic carbocycles. The van der Waals surface area contributed by atoms with Crippen LogP contribution in [0, 0.1) is 10.1 Å². The molecule has 0 radical (unpaired) electrons. The molecule has 3 N–H and O–H groups in total. The molecule has 0 saturated carbocycles. The van der Waals surface area contributed by atoms with Gasteiger partial charge >= 0.3 is 5.97 Å². The zero-order valence-electron chi connectivity index (χ0n) is 11.3. The van der Waals surface area contributed by atoms with E-state index in [1.54, 1.807) is 0 Å². The van der Waals surface area contributed by atoms with E-state index in [2.05, 4.69) is 10.6 Å². The van der Waals surface area contributed by atoms with Crippen LogP contribution in [0.25, 0.3) is 0 Å². The maximum Gasteiger partial charge on any atom is 0.325 e. The minimum absolute atomic E-state index is 0.133. The molecular formula is C12H12ClN3O6. The average molecular weight is 330 g/mol. The summed E-state index contributed by atoms with van der Waals surface area (Å²) < 4.78 is 0. The van der Waals surface area contributed by atoms with Crippen molar-refractivity contribution in [3.63, 3.8) is 0 Å². The Morgan fingerprint density at radius 2 is 2.05 bits per heavy atom. The molecule has 1 aromatic rings. The van der Waals surface area contributed by atoms with Gasteiger partial charge in [-0.1, -0.05) is 17.7 Å². The molecule has 1 rings (SSSR count). The van der Waals surface area contributed by atoms with Crippen molar-refractivity contribution >= 4 is 35.1 Å². The number of carbonyl (C=O) groups is 3. The summed E-state index contributed by atoms with van der Waals surface area (Å²) >= 11 is 5.77. The summed E-state index contributed by atoms with van der Waals surface area (Å²) in [6.07, 6.45) is 0. The highest BCUT2D eigenvalue weighted by Crippen LogP contribution is 2.25. The summed E-state index contributed by atoms with van der Waals surface area (Å²) in [6.45, 7) is 0.708. The topological polar surface area (TPSA) is 139 Å². The van der Waals surface area contributed by atoms with Crippen molar-refractivity contribution < 1.29 is 24.4 Å². The van der Waals surface area contributed by atoms with E-state index in [1.807, 2.05) is 0 Å². The van der Waals surface area contributed by atoms with E-state index in [1.165, 1.54) is 19.1 Å². The molecular weight excluding hydrogens is 318 g/mol. The Hall–Kier alpha value is -2.68. The Bertz CT molecular complexity index is 633. The normalized spacial score (nSPS) is 11.4. The number of carboxylic acids is 1. The van der Waals surface area contributed by atoms with Crippen LogP contribution in [0.1, 0.15) is 17.3 Å². The van der Waals surface area contributed by atoms with Crippen molar-refractivity contribution in [2.75, 3.05) is 6.54 Å². The monoisotopic (exact) mass is 329 g/mol. The zero-order valence-corrected chi connectivity index (χ0v) is 12.1. The fourth-order valence-corrected chi connectivity index (χ4v) is 1.75. The lowest BCUT2D eigenvalue weighted by molar-refractivity contribution is -0.385. The van der Waals surface area contributed by atoms with Crippen molar-refractivity contribution in [3.8, 4) is 0 Å². The van der Waals surface area contributed by atoms with Gasteiger partial charge in [-0.15, -0.1) is 0 Å². The molecule has 0 saturated heterocycles. The molecule has 0 aliphatic heterocycles. The molecule has 0 heterocycles. The molecule has 0 aromatic heterocycles. The number of nitrogens with zero attached hydrogens (tertiary/aromatic N) is 1. The highest BCUT2D eigenvalue weighted by atomic mass is 35.5. The van der Waals surface area contributed by atoms with Gasteiger partial charge in [-0.05, 0) is 13.0 Å². The van der Waals surface area contributed by atoms with Crippen molar-refractivity contribution in [2.24, 2.45) is 0 Å². The van der Waals surface area contributed by atoms with Crippen LogP contribution >= 0.6 is 11.6 Å². The molecule has 1 atom stereocenters. The smallest absolute Gasteiger partial charge is 0.325 e. The molecule has 0 aliphatic rings. The Morgan fingerprint density at radius 1 is 1.41 bits per heavy atom. The van der Waals surface area contributed by atoms with Gasteiger partial charge < -0.3 is 15.7 Å². The van der Waals surface area contributed by atoms with E-state index >= 15 is 0 Å². The third-order valence-corrected chi connectivity index (χ3v) is 2.89. The molecule has 1 aromatic carbocycles. The van der Waals surface area contributed by atoms with Crippen LogP contribution in [0.3, 0.4) is 0 Å². The van der Waals surface area contributed by atoms with Crippen LogP contribution in [0.15, 0.2) is 18.2 Å². The maximum absolute atomic E-state index is 11.9. The number of halogens is 1. The van der Waals surface area contributed by atoms with E-state index in [0.29, 0.717) is 0 Å². The van der Waals surface area contributed by atoms with Gasteiger partial charge in [0, 0.05) is 6.07 Å². The number of carbonyl (C=O) groups excluding carboxylic acids is 2. The lowest BCUT2D eigenvalue weighted by Gasteiger charge is -2.10. The predicted molar refractivity (Wildman–Crippen MR) is 75.7 cm³/mol. The van der Waals surface area contributed by atoms with Crippen LogP contribution in [-0.2, 0) is 9.59 Å². The SMILES string of the molecule is CC(NC(=O)CNC(=O)c1c(Cl)cccc1[N+](=O)[O-])C(=O)O. The second-order valence-electron chi connectivity index (χ2n) is 4.20. The van der Waals surface area contributed by atoms with Crippen molar-refractivity contribution in [3.05, 3.63) is 38.9 Å². The largest absolute Gasteiger partial charge is 0.480 e. The standard InChI is InChI=1S/C12H12ClN3O6/c1-6(12(19)20)15-9(17)5-14-11(18)10-7(13)3-2-4-8(10)16(21)22/h2-4,6H,5H2,1H3,(H,14,18)(H,15,17)(H,19,20). The molecule has 2 amide bonds. The Kier molecular flexibility index (Phi) is 5.81. The number of benzene rings is 1. The number of rotatable bonds is 6. The molecule has 118 valence electrons. The minimum atomic E-state index is -1.23. The van der Waals surface area contributed by atoms with Crippen LogP contribution in [0.4, 0.5) is 5.69 Å². The van der Waals surface area contributed by atoms with Crippen LogP contribution in [0.2, 0.25) is 5.02 Å². The molecule has 9 nitrogen and oxygen atoms in total. The van der Waals surface area contributed by atoms with E-state index in [0.717, 1.165) is 6.07 Å². The summed E-state index contributed by atoms with van der Waals surface area (Å²) in [5.41, 5.74) is -0.863. The Labute approximate surface area is 129 Å². The molecule has 0 spiro atoms. The molecule has 0 fully saturated rings. The fraction of sp³-hybridized carbons (Fsp3) is 0.250. The van der Waals surface area contributed by atoms with Gasteiger partial charge in [-0.3, -0.25) is 24.5 Å². The lowest BCUT2D eigenvalue weighted by Crippen LogP contribution is -2.44. The molecule has 10 heteroatoms. The average Bonchev–Trinajstić information content (AvgIpc) is 2.44. The number of carboxylic acid groups (broad SMARTS) is 1. The molecule has 22 heavy (non-hydrogen) atoms. The molecule has 0 bridgehead atoms. The fourth-order valence-electron chi connectivity index (χ4n) is 1.49.